The molecule has 0 amide bonds. The molecule has 0 saturated carbocycles. The van der Waals surface area contributed by atoms with Crippen molar-refractivity contribution in [3.8, 4) is 0 Å². The molecule has 3 nitrogen and oxygen atoms in total. The molecule has 27 heavy (non-hydrogen) atoms. The zero-order chi connectivity index (χ0) is 20.0. The predicted molar refractivity (Wildman–Crippen MR) is 116 cm³/mol. The molecular weight excluding hydrogens is 336 g/mol. The van der Waals surface area contributed by atoms with Crippen molar-refractivity contribution in [2.24, 2.45) is 0 Å². The first kappa shape index (κ1) is 26.4. The summed E-state index contributed by atoms with van der Waals surface area (Å²) >= 11 is 0. The highest BCUT2D eigenvalue weighted by Crippen LogP contribution is 2.14. The number of rotatable bonds is 21. The van der Waals surface area contributed by atoms with Gasteiger partial charge in [-0.1, -0.05) is 122 Å². The minimum atomic E-state index is -0.974. The second kappa shape index (κ2) is 21.7. The molecule has 3 heteroatoms. The first-order valence-corrected chi connectivity index (χ1v) is 12.0. The number of esters is 1. The van der Waals surface area contributed by atoms with Crippen molar-refractivity contribution in [1.29, 1.82) is 0 Å². The van der Waals surface area contributed by atoms with Crippen LogP contribution in [0.25, 0.3) is 0 Å². The number of ether oxygens (including phenoxy) is 1. The summed E-state index contributed by atoms with van der Waals surface area (Å²) in [6.07, 6.45) is 25.1. The highest BCUT2D eigenvalue weighted by Gasteiger charge is 2.05. The van der Waals surface area contributed by atoms with Gasteiger partial charge in [0.05, 0.1) is 0 Å². The summed E-state index contributed by atoms with van der Waals surface area (Å²) in [6, 6.07) is 0. The Labute approximate surface area is 169 Å². The van der Waals surface area contributed by atoms with Gasteiger partial charge in [0, 0.05) is 6.42 Å². The van der Waals surface area contributed by atoms with Crippen molar-refractivity contribution < 1.29 is 14.6 Å². The molecule has 0 aromatic rings. The van der Waals surface area contributed by atoms with Gasteiger partial charge in [-0.2, -0.15) is 0 Å². The number of aliphatic hydroxyl groups is 1. The van der Waals surface area contributed by atoms with Crippen LogP contribution in [0.15, 0.2) is 0 Å². The number of hydrogen-bond donors (Lipinski definition) is 1. The molecule has 0 radical (unpaired) electrons. The lowest BCUT2D eigenvalue weighted by Gasteiger charge is -2.06. The molecule has 0 aromatic heterocycles. The van der Waals surface area contributed by atoms with E-state index in [9.17, 15) is 4.79 Å². The molecule has 0 bridgehead atoms. The lowest BCUT2D eigenvalue weighted by atomic mass is 10.0. The molecule has 0 fully saturated rings. The molecule has 0 aromatic carbocycles. The highest BCUT2D eigenvalue weighted by atomic mass is 16.6. The van der Waals surface area contributed by atoms with Crippen LogP contribution in [-0.4, -0.2) is 17.4 Å². The Bertz CT molecular complexity index is 302. The predicted octanol–water partition coefficient (Wildman–Crippen LogP) is 7.69. The monoisotopic (exact) mass is 384 g/mol. The van der Waals surface area contributed by atoms with Crippen LogP contribution in [0, 0.1) is 0 Å². The average Bonchev–Trinajstić information content (AvgIpc) is 2.63. The molecular formula is C24H48O3. The molecule has 0 spiro atoms. The van der Waals surface area contributed by atoms with Gasteiger partial charge in [0.2, 0.25) is 0 Å². The number of carbonyl (C=O) groups excluding carboxylic acids is 1. The Morgan fingerprint density at radius 3 is 1.22 bits per heavy atom. The summed E-state index contributed by atoms with van der Waals surface area (Å²) in [7, 11) is 0. The second-order valence-corrected chi connectivity index (χ2v) is 8.20. The van der Waals surface area contributed by atoms with Gasteiger partial charge in [0.1, 0.15) is 0 Å². The molecule has 0 heterocycles. The smallest absolute Gasteiger partial charge is 0.308 e. The third-order valence-corrected chi connectivity index (χ3v) is 5.29. The average molecular weight is 385 g/mol. The normalized spacial score (nSPS) is 12.3. The van der Waals surface area contributed by atoms with Crippen LogP contribution in [-0.2, 0) is 9.53 Å². The third kappa shape index (κ3) is 23.4. The van der Waals surface area contributed by atoms with Gasteiger partial charge in [-0.05, 0) is 13.3 Å². The van der Waals surface area contributed by atoms with Crippen LogP contribution < -0.4 is 0 Å². The summed E-state index contributed by atoms with van der Waals surface area (Å²) in [5, 5.41) is 8.94. The van der Waals surface area contributed by atoms with E-state index in [-0.39, 0.29) is 5.97 Å². The largest absolute Gasteiger partial charge is 0.436 e. The maximum Gasteiger partial charge on any atom is 0.308 e. The highest BCUT2D eigenvalue weighted by molar-refractivity contribution is 5.69. The minimum absolute atomic E-state index is 0.281. The summed E-state index contributed by atoms with van der Waals surface area (Å²) in [6.45, 7) is 3.75. The van der Waals surface area contributed by atoms with E-state index < -0.39 is 6.29 Å². The molecule has 0 aliphatic heterocycles. The van der Waals surface area contributed by atoms with Gasteiger partial charge in [-0.25, -0.2) is 0 Å². The van der Waals surface area contributed by atoms with Gasteiger partial charge >= 0.3 is 5.97 Å². The van der Waals surface area contributed by atoms with Crippen LogP contribution in [0.4, 0.5) is 0 Å². The van der Waals surface area contributed by atoms with E-state index in [2.05, 4.69) is 6.92 Å². The lowest BCUT2D eigenvalue weighted by molar-refractivity contribution is -0.164. The second-order valence-electron chi connectivity index (χ2n) is 8.20. The van der Waals surface area contributed by atoms with Gasteiger partial charge in [-0.15, -0.1) is 0 Å². The third-order valence-electron chi connectivity index (χ3n) is 5.29. The fourth-order valence-corrected chi connectivity index (χ4v) is 3.60. The SMILES string of the molecule is CCCCCCCCCCCCCCCCCCCCCC(=O)OC(C)O. The summed E-state index contributed by atoms with van der Waals surface area (Å²) in [5.74, 6) is -0.281. The first-order chi connectivity index (χ1) is 13.2. The topological polar surface area (TPSA) is 46.5 Å². The van der Waals surface area contributed by atoms with Crippen LogP contribution in [0.5, 0.6) is 0 Å². The summed E-state index contributed by atoms with van der Waals surface area (Å²) < 4.78 is 4.70. The quantitative estimate of drug-likeness (QED) is 0.125. The number of aliphatic hydroxyl groups excluding tert-OH is 1. The zero-order valence-electron chi connectivity index (χ0n) is 18.5. The molecule has 1 atom stereocenters. The molecule has 0 rings (SSSR count). The van der Waals surface area contributed by atoms with Crippen molar-refractivity contribution in [1.82, 2.24) is 0 Å². The Balaban J connectivity index is 3.06. The van der Waals surface area contributed by atoms with Crippen LogP contribution in [0.1, 0.15) is 142 Å². The molecule has 162 valence electrons. The van der Waals surface area contributed by atoms with Crippen LogP contribution in [0.3, 0.4) is 0 Å². The Morgan fingerprint density at radius 1 is 0.630 bits per heavy atom. The van der Waals surface area contributed by atoms with Gasteiger partial charge in [0.15, 0.2) is 6.29 Å². The number of hydrogen-bond acceptors (Lipinski definition) is 3. The maximum absolute atomic E-state index is 11.3. The standard InChI is InChI=1S/C24H48O3/c1-3-4-5-6-7-8-9-10-11-12-13-14-15-16-17-18-19-20-21-22-24(26)27-23(2)25/h23,25H,3-22H2,1-2H3. The summed E-state index contributed by atoms with van der Waals surface area (Å²) in [5.41, 5.74) is 0. The van der Waals surface area contributed by atoms with Crippen molar-refractivity contribution >= 4 is 5.97 Å². The van der Waals surface area contributed by atoms with Crippen molar-refractivity contribution in [2.75, 3.05) is 0 Å². The van der Waals surface area contributed by atoms with E-state index in [1.165, 1.54) is 116 Å². The van der Waals surface area contributed by atoms with Crippen molar-refractivity contribution in [3.63, 3.8) is 0 Å². The van der Waals surface area contributed by atoms with E-state index >= 15 is 0 Å². The van der Waals surface area contributed by atoms with Gasteiger partial charge < -0.3 is 9.84 Å². The van der Waals surface area contributed by atoms with Crippen molar-refractivity contribution in [2.45, 2.75) is 149 Å². The lowest BCUT2D eigenvalue weighted by Crippen LogP contribution is -2.13. The molecule has 0 aliphatic carbocycles. The van der Waals surface area contributed by atoms with Crippen LogP contribution in [0.2, 0.25) is 0 Å². The van der Waals surface area contributed by atoms with Gasteiger partial charge in [-0.3, -0.25) is 4.79 Å². The van der Waals surface area contributed by atoms with E-state index in [0.717, 1.165) is 12.8 Å². The first-order valence-electron chi connectivity index (χ1n) is 12.0. The number of unbranched alkanes of at least 4 members (excludes halogenated alkanes) is 18. The Kier molecular flexibility index (Phi) is 21.3. The Morgan fingerprint density at radius 2 is 0.926 bits per heavy atom. The van der Waals surface area contributed by atoms with Crippen molar-refractivity contribution in [3.05, 3.63) is 0 Å². The van der Waals surface area contributed by atoms with E-state index in [4.69, 9.17) is 9.84 Å². The van der Waals surface area contributed by atoms with E-state index in [1.54, 1.807) is 0 Å². The fraction of sp³-hybridized carbons (Fsp3) is 0.958. The minimum Gasteiger partial charge on any atom is -0.436 e. The fourth-order valence-electron chi connectivity index (χ4n) is 3.60. The molecule has 1 unspecified atom stereocenters. The summed E-state index contributed by atoms with van der Waals surface area (Å²) in [4.78, 5) is 11.3. The Hall–Kier alpha value is -0.570. The van der Waals surface area contributed by atoms with E-state index in [1.807, 2.05) is 0 Å². The zero-order valence-corrected chi connectivity index (χ0v) is 18.5. The van der Waals surface area contributed by atoms with Gasteiger partial charge in [0.25, 0.3) is 0 Å². The van der Waals surface area contributed by atoms with Crippen LogP contribution >= 0.6 is 0 Å². The molecule has 1 N–H and O–H groups in total. The van der Waals surface area contributed by atoms with E-state index in [0.29, 0.717) is 6.42 Å². The number of carbonyl (C=O) groups is 1. The maximum atomic E-state index is 11.3. The molecule has 0 aliphatic rings. The molecule has 0 saturated heterocycles.